The van der Waals surface area contributed by atoms with Crippen LogP contribution in [0.25, 0.3) is 0 Å². The number of esters is 1. The van der Waals surface area contributed by atoms with Gasteiger partial charge in [0.15, 0.2) is 0 Å². The fourth-order valence-electron chi connectivity index (χ4n) is 3.88. The number of hydrogen-bond donors (Lipinski definition) is 1. The van der Waals surface area contributed by atoms with Crippen molar-refractivity contribution >= 4 is 35.2 Å². The van der Waals surface area contributed by atoms with Crippen LogP contribution in [0.1, 0.15) is 42.1 Å². The number of rotatable bonds is 7. The number of carbonyl (C=O) groups is 2. The Kier molecular flexibility index (Phi) is 7.92. The number of aryl methyl sites for hydroxylation is 2. The molecule has 8 heteroatoms. The standard InChI is InChI=1S/C25H28Cl2N2O4/c1-6-29-20(13-33-21-11-14(3)10-15(4)16(21)5)22(24(30)32-7-2)23(28-25(29)31)17-8-9-18(26)19(27)12-17/h8-12,23H,6-7,13H2,1-5H3,(H,28,31). The molecule has 1 aliphatic rings. The third-order valence-corrected chi connectivity index (χ3v) is 6.39. The van der Waals surface area contributed by atoms with Gasteiger partial charge in [-0.3, -0.25) is 4.90 Å². The summed E-state index contributed by atoms with van der Waals surface area (Å²) in [4.78, 5) is 27.6. The van der Waals surface area contributed by atoms with Gasteiger partial charge >= 0.3 is 12.0 Å². The molecule has 1 heterocycles. The third-order valence-electron chi connectivity index (χ3n) is 5.66. The zero-order valence-electron chi connectivity index (χ0n) is 19.4. The van der Waals surface area contributed by atoms with E-state index in [1.54, 1.807) is 25.1 Å². The number of carbonyl (C=O) groups excluding carboxylic acids is 2. The minimum absolute atomic E-state index is 0.0248. The molecule has 33 heavy (non-hydrogen) atoms. The van der Waals surface area contributed by atoms with Gasteiger partial charge in [0.25, 0.3) is 0 Å². The molecule has 2 aromatic rings. The van der Waals surface area contributed by atoms with E-state index in [-0.39, 0.29) is 19.2 Å². The van der Waals surface area contributed by atoms with Crippen LogP contribution in [0.3, 0.4) is 0 Å². The van der Waals surface area contributed by atoms with Crippen LogP contribution in [-0.4, -0.2) is 36.7 Å². The highest BCUT2D eigenvalue weighted by Gasteiger charge is 2.38. The summed E-state index contributed by atoms with van der Waals surface area (Å²) in [5.74, 6) is 0.180. The Morgan fingerprint density at radius 1 is 1.09 bits per heavy atom. The van der Waals surface area contributed by atoms with Crippen molar-refractivity contribution < 1.29 is 19.1 Å². The fraction of sp³-hybridized carbons (Fsp3) is 0.360. The Hall–Kier alpha value is -2.70. The van der Waals surface area contributed by atoms with Crippen LogP contribution in [0.4, 0.5) is 4.79 Å². The molecule has 6 nitrogen and oxygen atoms in total. The molecule has 1 atom stereocenters. The normalized spacial score (nSPS) is 16.0. The second-order valence-corrected chi connectivity index (χ2v) is 8.69. The molecule has 0 spiro atoms. The Morgan fingerprint density at radius 3 is 2.45 bits per heavy atom. The molecule has 1 unspecified atom stereocenters. The van der Waals surface area contributed by atoms with E-state index in [0.29, 0.717) is 39.2 Å². The van der Waals surface area contributed by atoms with Crippen molar-refractivity contribution in [2.75, 3.05) is 19.8 Å². The molecule has 0 bridgehead atoms. The van der Waals surface area contributed by atoms with Crippen molar-refractivity contribution in [1.29, 1.82) is 0 Å². The van der Waals surface area contributed by atoms with Gasteiger partial charge in [0.1, 0.15) is 12.4 Å². The lowest BCUT2D eigenvalue weighted by Crippen LogP contribution is -2.49. The first-order chi connectivity index (χ1) is 15.7. The molecule has 1 aliphatic heterocycles. The average molecular weight is 491 g/mol. The average Bonchev–Trinajstić information content (AvgIpc) is 2.76. The highest BCUT2D eigenvalue weighted by Crippen LogP contribution is 2.35. The van der Waals surface area contributed by atoms with Gasteiger partial charge in [-0.15, -0.1) is 0 Å². The van der Waals surface area contributed by atoms with Crippen LogP contribution < -0.4 is 10.1 Å². The van der Waals surface area contributed by atoms with Crippen molar-refractivity contribution in [3.8, 4) is 5.75 Å². The van der Waals surface area contributed by atoms with E-state index in [2.05, 4.69) is 11.4 Å². The quantitative estimate of drug-likeness (QED) is 0.490. The molecule has 3 rings (SSSR count). The van der Waals surface area contributed by atoms with Gasteiger partial charge in [-0.2, -0.15) is 0 Å². The topological polar surface area (TPSA) is 67.9 Å². The second kappa shape index (κ2) is 10.5. The Balaban J connectivity index is 2.12. The SMILES string of the molecule is CCOC(=O)C1=C(COc2cc(C)cc(C)c2C)N(CC)C(=O)NC1c1ccc(Cl)c(Cl)c1. The van der Waals surface area contributed by atoms with E-state index < -0.39 is 12.0 Å². The van der Waals surface area contributed by atoms with Crippen molar-refractivity contribution in [2.24, 2.45) is 0 Å². The van der Waals surface area contributed by atoms with Crippen LogP contribution in [0.5, 0.6) is 5.75 Å². The summed E-state index contributed by atoms with van der Waals surface area (Å²) in [7, 11) is 0. The number of hydrogen-bond acceptors (Lipinski definition) is 4. The van der Waals surface area contributed by atoms with Gasteiger partial charge in [-0.25, -0.2) is 9.59 Å². The molecule has 1 N–H and O–H groups in total. The number of ether oxygens (including phenoxy) is 2. The molecular formula is C25H28Cl2N2O4. The van der Waals surface area contributed by atoms with Gasteiger partial charge in [0, 0.05) is 6.54 Å². The first kappa shape index (κ1) is 24.9. The molecule has 0 saturated heterocycles. The van der Waals surface area contributed by atoms with Gasteiger partial charge in [0.2, 0.25) is 0 Å². The molecule has 176 valence electrons. The predicted molar refractivity (Wildman–Crippen MR) is 130 cm³/mol. The van der Waals surface area contributed by atoms with E-state index in [9.17, 15) is 9.59 Å². The first-order valence-corrected chi connectivity index (χ1v) is 11.6. The van der Waals surface area contributed by atoms with E-state index >= 15 is 0 Å². The minimum atomic E-state index is -0.756. The molecular weight excluding hydrogens is 463 g/mol. The van der Waals surface area contributed by atoms with Crippen LogP contribution in [0, 0.1) is 20.8 Å². The number of urea groups is 1. The highest BCUT2D eigenvalue weighted by atomic mass is 35.5. The number of likely N-dealkylation sites (N-methyl/N-ethyl adjacent to an activating group) is 1. The summed E-state index contributed by atoms with van der Waals surface area (Å²) in [6.07, 6.45) is 0. The first-order valence-electron chi connectivity index (χ1n) is 10.8. The van der Waals surface area contributed by atoms with Crippen LogP contribution >= 0.6 is 23.2 Å². The van der Waals surface area contributed by atoms with Gasteiger partial charge < -0.3 is 14.8 Å². The molecule has 2 aromatic carbocycles. The van der Waals surface area contributed by atoms with Crippen molar-refractivity contribution in [3.05, 3.63) is 73.9 Å². The van der Waals surface area contributed by atoms with E-state index in [1.165, 1.54) is 4.90 Å². The molecule has 0 aromatic heterocycles. The summed E-state index contributed by atoms with van der Waals surface area (Å²) in [5.41, 5.74) is 4.55. The summed E-state index contributed by atoms with van der Waals surface area (Å²) in [5, 5.41) is 3.61. The van der Waals surface area contributed by atoms with E-state index in [1.807, 2.05) is 33.8 Å². The summed E-state index contributed by atoms with van der Waals surface area (Å²) in [6, 6.07) is 7.94. The molecule has 2 amide bonds. The number of benzene rings is 2. The van der Waals surface area contributed by atoms with Gasteiger partial charge in [-0.05, 0) is 75.1 Å². The van der Waals surface area contributed by atoms with Crippen molar-refractivity contribution in [2.45, 2.75) is 40.7 Å². The highest BCUT2D eigenvalue weighted by molar-refractivity contribution is 6.42. The second-order valence-electron chi connectivity index (χ2n) is 7.87. The fourth-order valence-corrected chi connectivity index (χ4v) is 4.19. The lowest BCUT2D eigenvalue weighted by atomic mass is 9.94. The zero-order valence-corrected chi connectivity index (χ0v) is 20.9. The number of nitrogens with zero attached hydrogens (tertiary/aromatic N) is 1. The van der Waals surface area contributed by atoms with Crippen LogP contribution in [-0.2, 0) is 9.53 Å². The van der Waals surface area contributed by atoms with E-state index in [4.69, 9.17) is 32.7 Å². The summed E-state index contributed by atoms with van der Waals surface area (Å²) in [6.45, 7) is 10.1. The smallest absolute Gasteiger partial charge is 0.338 e. The number of nitrogens with one attached hydrogen (secondary N) is 1. The van der Waals surface area contributed by atoms with Crippen molar-refractivity contribution in [1.82, 2.24) is 10.2 Å². The van der Waals surface area contributed by atoms with E-state index in [0.717, 1.165) is 16.7 Å². The number of amides is 2. The van der Waals surface area contributed by atoms with Gasteiger partial charge in [0.05, 0.1) is 34.0 Å². The molecule has 0 fully saturated rings. The predicted octanol–water partition coefficient (Wildman–Crippen LogP) is 5.90. The maximum Gasteiger partial charge on any atom is 0.338 e. The lowest BCUT2D eigenvalue weighted by Gasteiger charge is -2.36. The molecule has 0 saturated carbocycles. The summed E-state index contributed by atoms with van der Waals surface area (Å²) >= 11 is 12.3. The Morgan fingerprint density at radius 2 is 1.82 bits per heavy atom. The Bertz CT molecular complexity index is 1110. The monoisotopic (exact) mass is 490 g/mol. The molecule has 0 aliphatic carbocycles. The zero-order chi connectivity index (χ0) is 24.3. The van der Waals surface area contributed by atoms with Crippen molar-refractivity contribution in [3.63, 3.8) is 0 Å². The maximum atomic E-state index is 13.1. The lowest BCUT2D eigenvalue weighted by molar-refractivity contribution is -0.139. The maximum absolute atomic E-state index is 13.1. The largest absolute Gasteiger partial charge is 0.487 e. The Labute approximate surface area is 204 Å². The summed E-state index contributed by atoms with van der Waals surface area (Å²) < 4.78 is 11.5. The van der Waals surface area contributed by atoms with Gasteiger partial charge in [-0.1, -0.05) is 35.3 Å². The van der Waals surface area contributed by atoms with Crippen LogP contribution in [0.15, 0.2) is 41.6 Å². The molecule has 0 radical (unpaired) electrons. The van der Waals surface area contributed by atoms with Crippen LogP contribution in [0.2, 0.25) is 10.0 Å². The number of halogens is 2. The minimum Gasteiger partial charge on any atom is -0.487 e. The third kappa shape index (κ3) is 5.28.